The van der Waals surface area contributed by atoms with Crippen LogP contribution in [-0.4, -0.2) is 26.4 Å². The molecule has 1 rings (SSSR count). The van der Waals surface area contributed by atoms with Crippen molar-refractivity contribution in [1.82, 2.24) is 0 Å². The van der Waals surface area contributed by atoms with Crippen molar-refractivity contribution >= 4 is 24.3 Å². The van der Waals surface area contributed by atoms with E-state index >= 15 is 0 Å². The number of carbonyl (C=O) groups excluding carboxylic acids is 1. The van der Waals surface area contributed by atoms with Gasteiger partial charge in [-0.25, -0.2) is 0 Å². The molecule has 0 amide bonds. The van der Waals surface area contributed by atoms with E-state index in [1.54, 1.807) is 6.08 Å². The summed E-state index contributed by atoms with van der Waals surface area (Å²) >= 11 is -0.220. The third kappa shape index (κ3) is 4.26. The summed E-state index contributed by atoms with van der Waals surface area (Å²) in [6, 6.07) is 9.66. The molecular weight excluding hydrogens is 243 g/mol. The molecule has 3 heteroatoms. The van der Waals surface area contributed by atoms with Crippen molar-refractivity contribution in [2.45, 2.75) is 6.42 Å². The minimum absolute atomic E-state index is 0.120. The van der Waals surface area contributed by atoms with E-state index in [1.165, 1.54) is 0 Å². The molecule has 0 saturated heterocycles. The van der Waals surface area contributed by atoms with Gasteiger partial charge in [0.1, 0.15) is 0 Å². The summed E-state index contributed by atoms with van der Waals surface area (Å²) in [7, 11) is 0. The molecule has 0 fully saturated rings. The quantitative estimate of drug-likeness (QED) is 0.455. The Kier molecular flexibility index (Phi) is 5.05. The van der Waals surface area contributed by atoms with E-state index in [9.17, 15) is 4.79 Å². The van der Waals surface area contributed by atoms with Crippen molar-refractivity contribution in [3.8, 4) is 0 Å². The molecular formula is C11H12O2Se. The molecule has 0 bridgehead atoms. The number of hydrogen-bond donors (Lipinski definition) is 0. The summed E-state index contributed by atoms with van der Waals surface area (Å²) in [6.07, 6.45) is 2.46. The van der Waals surface area contributed by atoms with Crippen LogP contribution in [0.2, 0.25) is 0 Å². The molecule has 0 aromatic heterocycles. The van der Waals surface area contributed by atoms with Gasteiger partial charge in [-0.15, -0.1) is 0 Å². The Balaban J connectivity index is 2.31. The van der Waals surface area contributed by atoms with E-state index in [2.05, 4.69) is 6.58 Å². The molecule has 2 nitrogen and oxygen atoms in total. The number of rotatable bonds is 5. The van der Waals surface area contributed by atoms with E-state index in [0.717, 1.165) is 10.9 Å². The van der Waals surface area contributed by atoms with Crippen LogP contribution in [-0.2, 0) is 4.74 Å². The Morgan fingerprint density at radius 3 is 2.79 bits per heavy atom. The molecule has 1 aromatic carbocycles. The Labute approximate surface area is 90.1 Å². The Morgan fingerprint density at radius 1 is 1.43 bits per heavy atom. The van der Waals surface area contributed by atoms with Crippen LogP contribution in [0.15, 0.2) is 43.0 Å². The van der Waals surface area contributed by atoms with Crippen molar-refractivity contribution in [3.05, 3.63) is 43.0 Å². The Hall–Kier alpha value is -1.05. The molecule has 0 aliphatic heterocycles. The van der Waals surface area contributed by atoms with Crippen LogP contribution in [0.4, 0.5) is 4.79 Å². The predicted molar refractivity (Wildman–Crippen MR) is 58.0 cm³/mol. The maximum absolute atomic E-state index is 11.3. The SMILES string of the molecule is C=CCCOC(=O)[Se]c1ccccc1. The molecule has 0 atom stereocenters. The summed E-state index contributed by atoms with van der Waals surface area (Å²) in [5.41, 5.74) is 0. The van der Waals surface area contributed by atoms with Gasteiger partial charge in [0.15, 0.2) is 0 Å². The van der Waals surface area contributed by atoms with Crippen LogP contribution < -0.4 is 4.46 Å². The van der Waals surface area contributed by atoms with Crippen LogP contribution >= 0.6 is 0 Å². The fourth-order valence-corrected chi connectivity index (χ4v) is 2.16. The van der Waals surface area contributed by atoms with Crippen LogP contribution in [0.5, 0.6) is 0 Å². The van der Waals surface area contributed by atoms with E-state index in [0.29, 0.717) is 6.61 Å². The second-order valence-corrected chi connectivity index (χ2v) is 4.71. The summed E-state index contributed by atoms with van der Waals surface area (Å²) in [5, 5.41) is 0. The predicted octanol–water partition coefficient (Wildman–Crippen LogP) is 1.73. The second-order valence-electron chi connectivity index (χ2n) is 2.59. The first kappa shape index (κ1) is 11.0. The van der Waals surface area contributed by atoms with Gasteiger partial charge in [0.25, 0.3) is 0 Å². The number of benzene rings is 1. The zero-order chi connectivity index (χ0) is 10.2. The average molecular weight is 255 g/mol. The van der Waals surface area contributed by atoms with E-state index in [4.69, 9.17) is 4.74 Å². The van der Waals surface area contributed by atoms with Crippen LogP contribution in [0.3, 0.4) is 0 Å². The molecule has 1 aromatic rings. The van der Waals surface area contributed by atoms with Crippen molar-refractivity contribution in [3.63, 3.8) is 0 Å². The molecule has 0 spiro atoms. The van der Waals surface area contributed by atoms with Crippen molar-refractivity contribution < 1.29 is 9.53 Å². The zero-order valence-electron chi connectivity index (χ0n) is 7.81. The first-order valence-electron chi connectivity index (χ1n) is 4.33. The molecule has 0 radical (unpaired) electrons. The summed E-state index contributed by atoms with van der Waals surface area (Å²) in [4.78, 5) is 11.1. The third-order valence-corrected chi connectivity index (χ3v) is 3.15. The van der Waals surface area contributed by atoms with Crippen molar-refractivity contribution in [1.29, 1.82) is 0 Å². The standard InChI is InChI=1S/C11H12O2Se/c1-2-3-9-13-11(12)14-10-7-5-4-6-8-10/h2,4-8H,1,3,9H2. The maximum atomic E-state index is 11.3. The average Bonchev–Trinajstić information content (AvgIpc) is 2.20. The Morgan fingerprint density at radius 2 is 2.14 bits per heavy atom. The zero-order valence-corrected chi connectivity index (χ0v) is 9.52. The van der Waals surface area contributed by atoms with Crippen molar-refractivity contribution in [2.24, 2.45) is 0 Å². The first-order chi connectivity index (χ1) is 6.83. The monoisotopic (exact) mass is 256 g/mol. The van der Waals surface area contributed by atoms with Crippen molar-refractivity contribution in [2.75, 3.05) is 6.61 Å². The van der Waals surface area contributed by atoms with Gasteiger partial charge in [-0.3, -0.25) is 0 Å². The van der Waals surface area contributed by atoms with Gasteiger partial charge in [-0.2, -0.15) is 0 Å². The van der Waals surface area contributed by atoms with Gasteiger partial charge in [0.2, 0.25) is 0 Å². The molecule has 14 heavy (non-hydrogen) atoms. The minimum atomic E-state index is -0.220. The summed E-state index contributed by atoms with van der Waals surface area (Å²) < 4.78 is 6.05. The third-order valence-electron chi connectivity index (χ3n) is 1.49. The summed E-state index contributed by atoms with van der Waals surface area (Å²) in [5.74, 6) is 0. The van der Waals surface area contributed by atoms with Crippen LogP contribution in [0.1, 0.15) is 6.42 Å². The van der Waals surface area contributed by atoms with Crippen LogP contribution in [0.25, 0.3) is 0 Å². The molecule has 0 aliphatic carbocycles. The molecule has 0 heterocycles. The summed E-state index contributed by atoms with van der Waals surface area (Å²) in [6.45, 7) is 4.00. The van der Waals surface area contributed by atoms with E-state index in [-0.39, 0.29) is 19.8 Å². The van der Waals surface area contributed by atoms with E-state index in [1.807, 2.05) is 30.3 Å². The fourth-order valence-electron chi connectivity index (χ4n) is 0.840. The van der Waals surface area contributed by atoms with Gasteiger partial charge in [0, 0.05) is 0 Å². The second kappa shape index (κ2) is 6.41. The van der Waals surface area contributed by atoms with Gasteiger partial charge < -0.3 is 0 Å². The number of carbonyl (C=O) groups is 1. The normalized spacial score (nSPS) is 9.43. The Bertz CT molecular complexity index is 295. The number of hydrogen-bond acceptors (Lipinski definition) is 2. The number of ether oxygens (including phenoxy) is 1. The van der Waals surface area contributed by atoms with Gasteiger partial charge in [-0.05, 0) is 0 Å². The van der Waals surface area contributed by atoms with Crippen LogP contribution in [0, 0.1) is 0 Å². The molecule has 0 saturated carbocycles. The van der Waals surface area contributed by atoms with E-state index < -0.39 is 0 Å². The molecule has 74 valence electrons. The molecule has 0 unspecified atom stereocenters. The van der Waals surface area contributed by atoms with Gasteiger partial charge >= 0.3 is 89.8 Å². The first-order valence-corrected chi connectivity index (χ1v) is 6.05. The topological polar surface area (TPSA) is 26.3 Å². The van der Waals surface area contributed by atoms with Gasteiger partial charge in [0.05, 0.1) is 0 Å². The molecule has 0 aliphatic rings. The van der Waals surface area contributed by atoms with Gasteiger partial charge in [-0.1, -0.05) is 0 Å². The molecule has 0 N–H and O–H groups in total. The fraction of sp³-hybridized carbons (Fsp3) is 0.182.